The molecular formula is C16H12N4O5S. The summed E-state index contributed by atoms with van der Waals surface area (Å²) in [6.45, 7) is 0. The van der Waals surface area contributed by atoms with Crippen molar-refractivity contribution in [3.05, 3.63) is 64.7 Å². The van der Waals surface area contributed by atoms with Crippen LogP contribution in [0.25, 0.3) is 10.8 Å². The van der Waals surface area contributed by atoms with Crippen molar-refractivity contribution in [3.8, 4) is 0 Å². The second kappa shape index (κ2) is 6.50. The number of non-ortho nitro benzene ring substituents is 1. The van der Waals surface area contributed by atoms with Gasteiger partial charge >= 0.3 is 0 Å². The fourth-order valence-electron chi connectivity index (χ4n) is 2.33. The van der Waals surface area contributed by atoms with Crippen LogP contribution in [0.5, 0.6) is 0 Å². The van der Waals surface area contributed by atoms with Crippen molar-refractivity contribution >= 4 is 43.6 Å². The number of anilines is 1. The Kier molecular flexibility index (Phi) is 4.36. The highest BCUT2D eigenvalue weighted by Crippen LogP contribution is 2.33. The Hall–Kier alpha value is -3.37. The lowest BCUT2D eigenvalue weighted by Crippen LogP contribution is -1.98. The van der Waals surface area contributed by atoms with Crippen molar-refractivity contribution in [1.29, 1.82) is 0 Å². The van der Waals surface area contributed by atoms with Crippen molar-refractivity contribution in [2.24, 2.45) is 10.2 Å². The molecule has 3 aromatic rings. The van der Waals surface area contributed by atoms with Gasteiger partial charge in [-0.25, -0.2) is 0 Å². The summed E-state index contributed by atoms with van der Waals surface area (Å²) in [4.78, 5) is 9.86. The van der Waals surface area contributed by atoms with Crippen LogP contribution >= 0.6 is 0 Å². The minimum atomic E-state index is -4.35. The van der Waals surface area contributed by atoms with Crippen molar-refractivity contribution in [2.45, 2.75) is 4.90 Å². The Bertz CT molecular complexity index is 1140. The summed E-state index contributed by atoms with van der Waals surface area (Å²) in [5.74, 6) is 0. The summed E-state index contributed by atoms with van der Waals surface area (Å²) < 4.78 is 31.7. The van der Waals surface area contributed by atoms with Gasteiger partial charge in [-0.15, -0.1) is 5.11 Å². The Morgan fingerprint density at radius 3 is 2.27 bits per heavy atom. The van der Waals surface area contributed by atoms with E-state index in [0.29, 0.717) is 27.8 Å². The van der Waals surface area contributed by atoms with Gasteiger partial charge < -0.3 is 5.73 Å². The third-order valence-corrected chi connectivity index (χ3v) is 4.48. The molecule has 3 aromatic carbocycles. The lowest BCUT2D eigenvalue weighted by atomic mass is 10.1. The summed E-state index contributed by atoms with van der Waals surface area (Å²) in [5.41, 5.74) is 6.98. The Morgan fingerprint density at radius 2 is 1.65 bits per heavy atom. The van der Waals surface area contributed by atoms with Crippen LogP contribution in [-0.4, -0.2) is 17.9 Å². The van der Waals surface area contributed by atoms with Crippen LogP contribution in [0.4, 0.5) is 22.7 Å². The normalized spacial score (nSPS) is 11.9. The van der Waals surface area contributed by atoms with E-state index in [1.54, 1.807) is 12.1 Å². The first-order valence-corrected chi connectivity index (χ1v) is 8.65. The summed E-state index contributed by atoms with van der Waals surface area (Å²) in [6.07, 6.45) is 0. The van der Waals surface area contributed by atoms with Crippen molar-refractivity contribution in [1.82, 2.24) is 0 Å². The molecule has 0 saturated carbocycles. The van der Waals surface area contributed by atoms with E-state index >= 15 is 0 Å². The van der Waals surface area contributed by atoms with Crippen LogP contribution in [0.2, 0.25) is 0 Å². The second-order valence-corrected chi connectivity index (χ2v) is 6.75. The molecule has 0 atom stereocenters. The van der Waals surface area contributed by atoms with Gasteiger partial charge in [0.1, 0.15) is 0 Å². The Morgan fingerprint density at radius 1 is 0.962 bits per heavy atom. The fraction of sp³-hybridized carbons (Fsp3) is 0. The van der Waals surface area contributed by atoms with Gasteiger partial charge in [0.15, 0.2) is 0 Å². The number of nitrogen functional groups attached to an aromatic ring is 1. The maximum atomic E-state index is 11.3. The van der Waals surface area contributed by atoms with Crippen molar-refractivity contribution in [2.75, 3.05) is 5.73 Å². The number of nitro groups is 1. The SMILES string of the molecule is Nc1ccc(N=Nc2ccc([N+](=O)[O-])cc2)c2ccc(S(=O)(=O)O)cc12. The third kappa shape index (κ3) is 3.50. The first kappa shape index (κ1) is 17.5. The number of fused-ring (bicyclic) bond motifs is 1. The molecule has 0 aromatic heterocycles. The molecule has 0 unspecified atom stereocenters. The molecule has 9 nitrogen and oxygen atoms in total. The molecule has 0 amide bonds. The zero-order chi connectivity index (χ0) is 18.9. The number of nitro benzene ring substituents is 1. The number of benzene rings is 3. The molecular weight excluding hydrogens is 360 g/mol. The first-order chi connectivity index (χ1) is 12.3. The van der Waals surface area contributed by atoms with Crippen LogP contribution in [0.15, 0.2) is 69.7 Å². The van der Waals surface area contributed by atoms with E-state index in [9.17, 15) is 18.5 Å². The predicted octanol–water partition coefficient (Wildman–Crippen LogP) is 3.99. The molecule has 26 heavy (non-hydrogen) atoms. The molecule has 0 aliphatic rings. The zero-order valence-corrected chi connectivity index (χ0v) is 13.9. The van der Waals surface area contributed by atoms with Gasteiger partial charge in [0.05, 0.1) is 21.2 Å². The summed E-state index contributed by atoms with van der Waals surface area (Å²) in [7, 11) is -4.35. The van der Waals surface area contributed by atoms with E-state index in [1.165, 1.54) is 42.5 Å². The second-order valence-electron chi connectivity index (χ2n) is 5.33. The monoisotopic (exact) mass is 372 g/mol. The number of hydrogen-bond donors (Lipinski definition) is 2. The fourth-order valence-corrected chi connectivity index (χ4v) is 2.84. The lowest BCUT2D eigenvalue weighted by Gasteiger charge is -2.06. The number of nitrogens with two attached hydrogens (primary N) is 1. The molecule has 0 fully saturated rings. The minimum Gasteiger partial charge on any atom is -0.398 e. The summed E-state index contributed by atoms with van der Waals surface area (Å²) >= 11 is 0. The lowest BCUT2D eigenvalue weighted by molar-refractivity contribution is -0.384. The van der Waals surface area contributed by atoms with Gasteiger partial charge in [0.2, 0.25) is 0 Å². The van der Waals surface area contributed by atoms with E-state index < -0.39 is 15.0 Å². The Balaban J connectivity index is 2.02. The molecule has 10 heteroatoms. The minimum absolute atomic E-state index is 0.0559. The van der Waals surface area contributed by atoms with Crippen LogP contribution in [0.1, 0.15) is 0 Å². The molecule has 0 heterocycles. The van der Waals surface area contributed by atoms with E-state index in [2.05, 4.69) is 10.2 Å². The number of azo groups is 1. The molecule has 3 rings (SSSR count). The molecule has 0 spiro atoms. The molecule has 0 aliphatic carbocycles. The smallest absolute Gasteiger partial charge is 0.294 e. The molecule has 132 valence electrons. The van der Waals surface area contributed by atoms with Gasteiger partial charge in [0.25, 0.3) is 15.8 Å². The predicted molar refractivity (Wildman–Crippen MR) is 95.4 cm³/mol. The molecule has 0 aliphatic heterocycles. The number of nitrogens with zero attached hydrogens (tertiary/aromatic N) is 3. The van der Waals surface area contributed by atoms with E-state index in [4.69, 9.17) is 10.3 Å². The van der Waals surface area contributed by atoms with E-state index in [-0.39, 0.29) is 10.6 Å². The van der Waals surface area contributed by atoms with Gasteiger partial charge in [-0.1, -0.05) is 6.07 Å². The Labute approximate surface area is 147 Å². The molecule has 0 bridgehead atoms. The van der Waals surface area contributed by atoms with Crippen molar-refractivity contribution in [3.63, 3.8) is 0 Å². The highest BCUT2D eigenvalue weighted by Gasteiger charge is 2.12. The average Bonchev–Trinajstić information content (AvgIpc) is 2.60. The summed E-state index contributed by atoms with van der Waals surface area (Å²) in [6, 6.07) is 12.7. The average molecular weight is 372 g/mol. The van der Waals surface area contributed by atoms with E-state index in [0.717, 1.165) is 0 Å². The standard InChI is InChI=1S/C16H12N4O5S/c17-15-7-8-16(13-6-5-12(9-14(13)15)26(23,24)25)19-18-10-1-3-11(4-2-10)20(21)22/h1-9H,17H2,(H,23,24,25). The molecule has 0 saturated heterocycles. The summed E-state index contributed by atoms with van der Waals surface area (Å²) in [5, 5.41) is 19.7. The van der Waals surface area contributed by atoms with Crippen molar-refractivity contribution < 1.29 is 17.9 Å². The quantitative estimate of drug-likeness (QED) is 0.232. The van der Waals surface area contributed by atoms with Crippen LogP contribution in [0, 0.1) is 10.1 Å². The zero-order valence-electron chi connectivity index (χ0n) is 13.1. The number of rotatable bonds is 4. The molecule has 0 radical (unpaired) electrons. The maximum absolute atomic E-state index is 11.3. The van der Waals surface area contributed by atoms with E-state index in [1.807, 2.05) is 0 Å². The highest BCUT2D eigenvalue weighted by atomic mass is 32.2. The maximum Gasteiger partial charge on any atom is 0.294 e. The number of hydrogen-bond acceptors (Lipinski definition) is 7. The molecule has 3 N–H and O–H groups in total. The van der Waals surface area contributed by atoms with Gasteiger partial charge in [-0.3, -0.25) is 14.7 Å². The third-order valence-electron chi connectivity index (χ3n) is 3.63. The van der Waals surface area contributed by atoms with Crippen LogP contribution in [0.3, 0.4) is 0 Å². The largest absolute Gasteiger partial charge is 0.398 e. The van der Waals surface area contributed by atoms with Crippen LogP contribution in [-0.2, 0) is 10.1 Å². The van der Waals surface area contributed by atoms with Gasteiger partial charge in [0, 0.05) is 28.6 Å². The first-order valence-electron chi connectivity index (χ1n) is 7.21. The topological polar surface area (TPSA) is 148 Å². The van der Waals surface area contributed by atoms with Gasteiger partial charge in [-0.2, -0.15) is 13.5 Å². The van der Waals surface area contributed by atoms with Crippen LogP contribution < -0.4 is 5.73 Å². The highest BCUT2D eigenvalue weighted by molar-refractivity contribution is 7.85. The van der Waals surface area contributed by atoms with Gasteiger partial charge in [-0.05, 0) is 36.4 Å².